The van der Waals surface area contributed by atoms with Crippen molar-refractivity contribution < 1.29 is 65.9 Å². The van der Waals surface area contributed by atoms with Gasteiger partial charge >= 0.3 is 29.9 Å². The van der Waals surface area contributed by atoms with Crippen LogP contribution in [-0.4, -0.2) is 29.9 Å². The van der Waals surface area contributed by atoms with Crippen molar-refractivity contribution in [3.8, 4) is 0 Å². The van der Waals surface area contributed by atoms with Gasteiger partial charge in [0.15, 0.2) is 23.3 Å². The monoisotopic (exact) mass is 431 g/mol. The first-order chi connectivity index (χ1) is 11.8. The van der Waals surface area contributed by atoms with Crippen molar-refractivity contribution >= 4 is 5.69 Å². The predicted octanol–water partition coefficient (Wildman–Crippen LogP) is 5.29. The van der Waals surface area contributed by atoms with Crippen LogP contribution in [0.15, 0.2) is 0 Å². The second-order valence-electron chi connectivity index (χ2n) is 5.06. The van der Waals surface area contributed by atoms with Crippen molar-refractivity contribution in [3.63, 3.8) is 0 Å². The smallest absolute Gasteiger partial charge is 0.236 e. The Morgan fingerprint density at radius 3 is 0.963 bits per heavy atom. The van der Waals surface area contributed by atoms with E-state index < -0.39 is 69.5 Å². The number of hydrogen-bond donors (Lipinski definition) is 0. The molecule has 1 saturated heterocycles. The number of nitrogens with zero attached hydrogens (tertiary/aromatic N) is 1. The first-order valence-electron chi connectivity index (χ1n) is 6.01. The molecular weight excluding hydrogens is 431 g/mol. The summed E-state index contributed by atoms with van der Waals surface area (Å²) in [5.41, 5.74) is -3.66. The first-order valence-corrected chi connectivity index (χ1v) is 6.01. The molecule has 27 heavy (non-hydrogen) atoms. The van der Waals surface area contributed by atoms with Gasteiger partial charge in [-0.05, 0) is 0 Å². The summed E-state index contributed by atoms with van der Waals surface area (Å²) < 4.78 is 199. The molecule has 2 rings (SSSR count). The highest BCUT2D eigenvalue weighted by atomic mass is 19.4. The molecule has 1 aliphatic heterocycles. The Balaban J connectivity index is 3.01. The maximum Gasteiger partial charge on any atom is 0.400 e. The molecule has 0 spiro atoms. The van der Waals surface area contributed by atoms with Gasteiger partial charge in [-0.1, -0.05) is 0 Å². The Labute approximate surface area is 136 Å². The molecule has 0 aromatic heterocycles. The van der Waals surface area contributed by atoms with Gasteiger partial charge in [0.1, 0.15) is 5.69 Å². The lowest BCUT2D eigenvalue weighted by molar-refractivity contribution is -0.440. The Morgan fingerprint density at radius 2 is 0.667 bits per heavy atom. The zero-order valence-corrected chi connectivity index (χ0v) is 11.6. The lowest BCUT2D eigenvalue weighted by Crippen LogP contribution is -2.82. The van der Waals surface area contributed by atoms with Crippen LogP contribution in [0.2, 0.25) is 0 Å². The second-order valence-corrected chi connectivity index (χ2v) is 5.06. The lowest BCUT2D eigenvalue weighted by Gasteiger charge is -2.52. The van der Waals surface area contributed by atoms with Crippen LogP contribution in [0.3, 0.4) is 0 Å². The van der Waals surface area contributed by atoms with Crippen LogP contribution in [0, 0.1) is 29.1 Å². The summed E-state index contributed by atoms with van der Waals surface area (Å²) in [7, 11) is 0. The summed E-state index contributed by atoms with van der Waals surface area (Å²) in [5.74, 6) is -39.4. The summed E-state index contributed by atoms with van der Waals surface area (Å²) in [6, 6.07) is -14.5. The van der Waals surface area contributed by atoms with Crippen molar-refractivity contribution in [2.75, 3.05) is 4.90 Å². The van der Waals surface area contributed by atoms with Gasteiger partial charge in [-0.2, -0.15) is 43.9 Å². The first kappa shape index (κ1) is 21.3. The predicted molar refractivity (Wildman–Crippen MR) is 53.4 cm³/mol. The van der Waals surface area contributed by atoms with Gasteiger partial charge in [-0.3, -0.25) is 0 Å². The van der Waals surface area contributed by atoms with E-state index in [9.17, 15) is 65.9 Å². The number of halogens is 15. The largest absolute Gasteiger partial charge is 0.400 e. The zero-order chi connectivity index (χ0) is 21.5. The lowest BCUT2D eigenvalue weighted by atomic mass is 9.92. The van der Waals surface area contributed by atoms with Crippen molar-refractivity contribution in [1.29, 1.82) is 0 Å². The van der Waals surface area contributed by atoms with Crippen LogP contribution >= 0.6 is 0 Å². The van der Waals surface area contributed by atoms with E-state index in [0.717, 1.165) is 0 Å². The van der Waals surface area contributed by atoms with E-state index in [-0.39, 0.29) is 0 Å². The molecule has 1 aromatic rings. The normalized spacial score (nSPS) is 24.8. The molecule has 0 amide bonds. The standard InChI is InChI=1S/C11F15N/c12-1-2(13)4(15)6(5(16)3(1)14)27-10(23,24)8(19,20)7(17,18)9(21,22)11(27,25)26. The van der Waals surface area contributed by atoms with Gasteiger partial charge in [0, 0.05) is 0 Å². The van der Waals surface area contributed by atoms with Gasteiger partial charge in [0.25, 0.3) is 0 Å². The van der Waals surface area contributed by atoms with Crippen LogP contribution < -0.4 is 4.90 Å². The maximum atomic E-state index is 13.6. The van der Waals surface area contributed by atoms with Gasteiger partial charge in [0.05, 0.1) is 0 Å². The van der Waals surface area contributed by atoms with E-state index in [2.05, 4.69) is 0 Å². The molecule has 0 radical (unpaired) electrons. The van der Waals surface area contributed by atoms with E-state index in [4.69, 9.17) is 0 Å². The molecule has 0 aliphatic carbocycles. The molecule has 0 atom stereocenters. The van der Waals surface area contributed by atoms with Crippen molar-refractivity contribution in [2.45, 2.75) is 29.9 Å². The summed E-state index contributed by atoms with van der Waals surface area (Å²) in [4.78, 5) is -3.24. The highest BCUT2D eigenvalue weighted by Crippen LogP contribution is 2.65. The summed E-state index contributed by atoms with van der Waals surface area (Å²) in [6.45, 7) is 0. The molecule has 0 saturated carbocycles. The zero-order valence-electron chi connectivity index (χ0n) is 11.6. The molecule has 1 aromatic carbocycles. The third-order valence-electron chi connectivity index (χ3n) is 3.52. The Hall–Kier alpha value is -2.03. The van der Waals surface area contributed by atoms with Gasteiger partial charge < -0.3 is 0 Å². The molecule has 0 N–H and O–H groups in total. The average molecular weight is 431 g/mol. The average Bonchev–Trinajstić information content (AvgIpc) is 2.52. The number of benzene rings is 1. The number of hydrogen-bond acceptors (Lipinski definition) is 1. The Morgan fingerprint density at radius 1 is 0.407 bits per heavy atom. The maximum absolute atomic E-state index is 13.6. The van der Waals surface area contributed by atoms with Gasteiger partial charge in [0.2, 0.25) is 5.82 Å². The summed E-state index contributed by atoms with van der Waals surface area (Å²) in [5, 5.41) is 0. The van der Waals surface area contributed by atoms with Crippen LogP contribution in [0.5, 0.6) is 0 Å². The molecule has 0 bridgehead atoms. The minimum Gasteiger partial charge on any atom is -0.236 e. The molecule has 1 nitrogen and oxygen atoms in total. The van der Waals surface area contributed by atoms with E-state index in [1.54, 1.807) is 0 Å². The minimum absolute atomic E-state index is 3.15. The van der Waals surface area contributed by atoms with E-state index in [1.807, 2.05) is 0 Å². The fraction of sp³-hybridized carbons (Fsp3) is 0.455. The Kier molecular flexibility index (Phi) is 4.16. The number of anilines is 1. The molecular formula is C11F15N. The quantitative estimate of drug-likeness (QED) is 0.253. The van der Waals surface area contributed by atoms with Crippen LogP contribution in [0.25, 0.3) is 0 Å². The fourth-order valence-corrected chi connectivity index (χ4v) is 2.10. The van der Waals surface area contributed by atoms with E-state index in [0.29, 0.717) is 0 Å². The topological polar surface area (TPSA) is 3.24 Å². The van der Waals surface area contributed by atoms with Crippen molar-refractivity contribution in [1.82, 2.24) is 0 Å². The molecule has 1 heterocycles. The van der Waals surface area contributed by atoms with Crippen LogP contribution in [0.1, 0.15) is 0 Å². The molecule has 1 fully saturated rings. The SMILES string of the molecule is Fc1c(F)c(F)c(N2C(F)(F)C(F)(F)C(F)(F)C(F)(F)C2(F)F)c(F)c1F. The molecule has 16 heteroatoms. The van der Waals surface area contributed by atoms with Gasteiger partial charge in [-0.15, -0.1) is 0 Å². The molecule has 1 aliphatic rings. The van der Waals surface area contributed by atoms with Gasteiger partial charge in [-0.25, -0.2) is 26.9 Å². The van der Waals surface area contributed by atoms with Crippen molar-refractivity contribution in [3.05, 3.63) is 29.1 Å². The molecule has 0 unspecified atom stereocenters. The minimum atomic E-state index is -7.49. The third-order valence-corrected chi connectivity index (χ3v) is 3.52. The second kappa shape index (κ2) is 5.27. The van der Waals surface area contributed by atoms with E-state index in [1.165, 1.54) is 0 Å². The van der Waals surface area contributed by atoms with Crippen molar-refractivity contribution in [2.24, 2.45) is 0 Å². The van der Waals surface area contributed by atoms with Crippen LogP contribution in [-0.2, 0) is 0 Å². The highest BCUT2D eigenvalue weighted by Gasteiger charge is 2.95. The Bertz CT molecular complexity index is 738. The third kappa shape index (κ3) is 2.11. The highest BCUT2D eigenvalue weighted by molar-refractivity contribution is 5.56. The fourth-order valence-electron chi connectivity index (χ4n) is 2.10. The number of piperidine rings is 1. The van der Waals surface area contributed by atoms with Crippen LogP contribution in [0.4, 0.5) is 71.5 Å². The number of alkyl halides is 10. The summed E-state index contributed by atoms with van der Waals surface area (Å²) in [6.07, 6.45) is 0. The van der Waals surface area contributed by atoms with E-state index >= 15 is 0 Å². The summed E-state index contributed by atoms with van der Waals surface area (Å²) >= 11 is 0. The molecule has 154 valence electrons. The number of rotatable bonds is 1.